The van der Waals surface area contributed by atoms with Crippen LogP contribution >= 0.6 is 11.6 Å². The standard InChI is InChI=1S/C25H33ClFN3O/c1-4-24(25(31)29-14-8-11-20(17-29)16-28(2)3)30(18-19-9-6-5-7-10-19)21-12-13-23(27)22(26)15-21/h5-7,9-10,12-13,15,20,24H,4,8,11,14,16-18H2,1-3H3. The molecule has 0 aromatic heterocycles. The average molecular weight is 446 g/mol. The number of amides is 1. The fraction of sp³-hybridized carbons (Fsp3) is 0.480. The van der Waals surface area contributed by atoms with Gasteiger partial charge in [0.15, 0.2) is 0 Å². The molecule has 4 nitrogen and oxygen atoms in total. The molecule has 0 spiro atoms. The Morgan fingerprint density at radius 1 is 1.23 bits per heavy atom. The molecule has 2 unspecified atom stereocenters. The molecule has 0 N–H and O–H groups in total. The van der Waals surface area contributed by atoms with Gasteiger partial charge in [0.1, 0.15) is 11.9 Å². The number of benzene rings is 2. The minimum atomic E-state index is -0.452. The van der Waals surface area contributed by atoms with E-state index in [1.807, 2.05) is 42.2 Å². The number of carbonyl (C=O) groups excluding carboxylic acids is 1. The second-order valence-electron chi connectivity index (χ2n) is 8.69. The number of likely N-dealkylation sites (tertiary alicyclic amines) is 1. The van der Waals surface area contributed by atoms with Crippen molar-refractivity contribution in [2.75, 3.05) is 38.6 Å². The summed E-state index contributed by atoms with van der Waals surface area (Å²) in [7, 11) is 4.16. The summed E-state index contributed by atoms with van der Waals surface area (Å²) in [5.41, 5.74) is 1.86. The molecular formula is C25H33ClFN3O. The van der Waals surface area contributed by atoms with E-state index < -0.39 is 5.82 Å². The number of hydrogen-bond donors (Lipinski definition) is 0. The molecule has 0 bridgehead atoms. The molecule has 6 heteroatoms. The SMILES string of the molecule is CCC(C(=O)N1CCCC(CN(C)C)C1)N(Cc1ccccc1)c1ccc(F)c(Cl)c1. The van der Waals surface area contributed by atoms with E-state index in [0.29, 0.717) is 18.9 Å². The van der Waals surface area contributed by atoms with Gasteiger partial charge in [0, 0.05) is 31.9 Å². The zero-order valence-corrected chi connectivity index (χ0v) is 19.5. The lowest BCUT2D eigenvalue weighted by atomic mass is 9.96. The zero-order valence-electron chi connectivity index (χ0n) is 18.7. The molecule has 1 aliphatic heterocycles. The van der Waals surface area contributed by atoms with Gasteiger partial charge < -0.3 is 14.7 Å². The number of rotatable bonds is 8. The van der Waals surface area contributed by atoms with Crippen LogP contribution in [0.15, 0.2) is 48.5 Å². The molecule has 1 aliphatic rings. The molecule has 2 aromatic carbocycles. The van der Waals surface area contributed by atoms with Gasteiger partial charge in [0.2, 0.25) is 5.91 Å². The van der Waals surface area contributed by atoms with Crippen LogP contribution in [-0.2, 0) is 11.3 Å². The van der Waals surface area contributed by atoms with Crippen LogP contribution in [0, 0.1) is 11.7 Å². The van der Waals surface area contributed by atoms with Crippen molar-refractivity contribution >= 4 is 23.2 Å². The maximum Gasteiger partial charge on any atom is 0.245 e. The number of halogens is 2. The average Bonchev–Trinajstić information content (AvgIpc) is 2.76. The highest BCUT2D eigenvalue weighted by Gasteiger charge is 2.32. The second-order valence-corrected chi connectivity index (χ2v) is 9.10. The molecule has 0 aliphatic carbocycles. The first-order valence-corrected chi connectivity index (χ1v) is 11.5. The fourth-order valence-electron chi connectivity index (χ4n) is 4.49. The third-order valence-electron chi connectivity index (χ3n) is 5.93. The van der Waals surface area contributed by atoms with Crippen molar-refractivity contribution < 1.29 is 9.18 Å². The van der Waals surface area contributed by atoms with E-state index in [1.54, 1.807) is 12.1 Å². The van der Waals surface area contributed by atoms with Gasteiger partial charge in [-0.15, -0.1) is 0 Å². The van der Waals surface area contributed by atoms with E-state index in [9.17, 15) is 9.18 Å². The van der Waals surface area contributed by atoms with Crippen LogP contribution < -0.4 is 4.90 Å². The van der Waals surface area contributed by atoms with Gasteiger partial charge in [-0.25, -0.2) is 4.39 Å². The minimum Gasteiger partial charge on any atom is -0.355 e. The summed E-state index contributed by atoms with van der Waals surface area (Å²) in [5.74, 6) is 0.183. The largest absolute Gasteiger partial charge is 0.355 e. The van der Waals surface area contributed by atoms with Gasteiger partial charge in [-0.3, -0.25) is 4.79 Å². The van der Waals surface area contributed by atoms with E-state index in [0.717, 1.165) is 43.7 Å². The van der Waals surface area contributed by atoms with Crippen LogP contribution in [0.1, 0.15) is 31.7 Å². The predicted octanol–water partition coefficient (Wildman–Crippen LogP) is 5.06. The Morgan fingerprint density at radius 3 is 2.61 bits per heavy atom. The third kappa shape index (κ3) is 6.20. The first-order chi connectivity index (χ1) is 14.9. The van der Waals surface area contributed by atoms with Gasteiger partial charge >= 0.3 is 0 Å². The van der Waals surface area contributed by atoms with E-state index >= 15 is 0 Å². The maximum atomic E-state index is 13.8. The molecule has 1 saturated heterocycles. The van der Waals surface area contributed by atoms with E-state index in [2.05, 4.69) is 23.9 Å². The van der Waals surface area contributed by atoms with Crippen LogP contribution in [0.2, 0.25) is 5.02 Å². The molecule has 0 radical (unpaired) electrons. The van der Waals surface area contributed by atoms with Gasteiger partial charge in [-0.2, -0.15) is 0 Å². The number of anilines is 1. The number of carbonyl (C=O) groups is 1. The van der Waals surface area contributed by atoms with Crippen molar-refractivity contribution in [1.29, 1.82) is 0 Å². The van der Waals surface area contributed by atoms with Crippen LogP contribution in [0.4, 0.5) is 10.1 Å². The van der Waals surface area contributed by atoms with Crippen molar-refractivity contribution in [3.05, 3.63) is 64.9 Å². The van der Waals surface area contributed by atoms with Crippen molar-refractivity contribution in [1.82, 2.24) is 9.80 Å². The summed E-state index contributed by atoms with van der Waals surface area (Å²) in [5, 5.41) is 0.0712. The quantitative estimate of drug-likeness (QED) is 0.568. The molecule has 1 heterocycles. The van der Waals surface area contributed by atoms with Crippen LogP contribution in [0.3, 0.4) is 0 Å². The molecule has 31 heavy (non-hydrogen) atoms. The topological polar surface area (TPSA) is 26.8 Å². The Balaban J connectivity index is 1.87. The van der Waals surface area contributed by atoms with E-state index in [-0.39, 0.29) is 17.0 Å². The third-order valence-corrected chi connectivity index (χ3v) is 6.22. The molecule has 1 fully saturated rings. The highest BCUT2D eigenvalue weighted by Crippen LogP contribution is 2.28. The van der Waals surface area contributed by atoms with Gasteiger partial charge in [0.05, 0.1) is 5.02 Å². The Kier molecular flexibility index (Phi) is 8.33. The smallest absolute Gasteiger partial charge is 0.245 e. The highest BCUT2D eigenvalue weighted by atomic mass is 35.5. The predicted molar refractivity (Wildman–Crippen MR) is 126 cm³/mol. The molecule has 168 valence electrons. The summed E-state index contributed by atoms with van der Waals surface area (Å²) >= 11 is 6.10. The molecule has 2 atom stereocenters. The van der Waals surface area contributed by atoms with Crippen molar-refractivity contribution in [3.63, 3.8) is 0 Å². The summed E-state index contributed by atoms with van der Waals surface area (Å²) < 4.78 is 13.8. The first kappa shape index (κ1) is 23.6. The summed E-state index contributed by atoms with van der Waals surface area (Å²) in [6.07, 6.45) is 2.84. The lowest BCUT2D eigenvalue weighted by molar-refractivity contribution is -0.134. The second kappa shape index (κ2) is 11.0. The monoisotopic (exact) mass is 445 g/mol. The minimum absolute atomic E-state index is 0.0712. The summed E-state index contributed by atoms with van der Waals surface area (Å²) in [6, 6.07) is 14.4. The lowest BCUT2D eigenvalue weighted by Crippen LogP contribution is -2.52. The Hall–Kier alpha value is -2.11. The first-order valence-electron chi connectivity index (χ1n) is 11.1. The molecule has 0 saturated carbocycles. The summed E-state index contributed by atoms with van der Waals surface area (Å²) in [6.45, 7) is 5.16. The summed E-state index contributed by atoms with van der Waals surface area (Å²) in [4.78, 5) is 20.0. The molecule has 2 aromatic rings. The molecule has 3 rings (SSSR count). The van der Waals surface area contributed by atoms with Gasteiger partial charge in [-0.05, 0) is 63.0 Å². The number of piperidine rings is 1. The normalized spacial score (nSPS) is 17.6. The van der Waals surface area contributed by atoms with Gasteiger partial charge in [0.25, 0.3) is 0 Å². The van der Waals surface area contributed by atoms with Crippen LogP contribution in [0.25, 0.3) is 0 Å². The fourth-order valence-corrected chi connectivity index (χ4v) is 4.67. The van der Waals surface area contributed by atoms with Crippen LogP contribution in [0.5, 0.6) is 0 Å². The zero-order chi connectivity index (χ0) is 22.4. The van der Waals surface area contributed by atoms with Crippen molar-refractivity contribution in [2.24, 2.45) is 5.92 Å². The highest BCUT2D eigenvalue weighted by molar-refractivity contribution is 6.31. The molecular weight excluding hydrogens is 413 g/mol. The number of hydrogen-bond acceptors (Lipinski definition) is 3. The van der Waals surface area contributed by atoms with Crippen molar-refractivity contribution in [2.45, 2.75) is 38.8 Å². The Morgan fingerprint density at radius 2 is 1.97 bits per heavy atom. The Labute approximate surface area is 190 Å². The molecule has 1 amide bonds. The maximum absolute atomic E-state index is 13.8. The Bertz CT molecular complexity index is 861. The van der Waals surface area contributed by atoms with Crippen molar-refractivity contribution in [3.8, 4) is 0 Å². The lowest BCUT2D eigenvalue weighted by Gasteiger charge is -2.39. The van der Waals surface area contributed by atoms with E-state index in [1.165, 1.54) is 6.07 Å². The van der Waals surface area contributed by atoms with Crippen LogP contribution in [-0.4, -0.2) is 55.5 Å². The number of nitrogens with zero attached hydrogens (tertiary/aromatic N) is 3. The van der Waals surface area contributed by atoms with E-state index in [4.69, 9.17) is 11.6 Å². The van der Waals surface area contributed by atoms with Gasteiger partial charge in [-0.1, -0.05) is 48.9 Å².